The molecule has 24 heavy (non-hydrogen) atoms. The number of likely N-dealkylation sites (N-methyl/N-ethyl adjacent to an activating group) is 1. The van der Waals surface area contributed by atoms with Gasteiger partial charge < -0.3 is 15.0 Å². The van der Waals surface area contributed by atoms with Crippen molar-refractivity contribution >= 4 is 11.8 Å². The molecule has 0 unspecified atom stereocenters. The van der Waals surface area contributed by atoms with Crippen LogP contribution in [0.3, 0.4) is 0 Å². The Bertz CT molecular complexity index is 582. The predicted octanol–water partition coefficient (Wildman–Crippen LogP) is 0.621. The van der Waals surface area contributed by atoms with Gasteiger partial charge in [-0.1, -0.05) is 12.1 Å². The summed E-state index contributed by atoms with van der Waals surface area (Å²) < 4.78 is 18.3. The van der Waals surface area contributed by atoms with Crippen LogP contribution in [0.25, 0.3) is 0 Å². The second-order valence-corrected chi connectivity index (χ2v) is 5.92. The fourth-order valence-corrected chi connectivity index (χ4v) is 2.72. The topological polar surface area (TPSA) is 61.9 Å². The predicted molar refractivity (Wildman–Crippen MR) is 87.7 cm³/mol. The zero-order valence-electron chi connectivity index (χ0n) is 14.1. The van der Waals surface area contributed by atoms with E-state index in [2.05, 4.69) is 5.32 Å². The largest absolute Gasteiger partial charge is 0.383 e. The number of methoxy groups -OCH3 is 1. The molecule has 1 saturated heterocycles. The van der Waals surface area contributed by atoms with Gasteiger partial charge in [-0.3, -0.25) is 14.5 Å². The fraction of sp³-hybridized carbons (Fsp3) is 0.529. The van der Waals surface area contributed by atoms with E-state index < -0.39 is 6.04 Å². The summed E-state index contributed by atoms with van der Waals surface area (Å²) in [6.07, 6.45) is 0.0986. The summed E-state index contributed by atoms with van der Waals surface area (Å²) in [5.74, 6) is -0.578. The van der Waals surface area contributed by atoms with Crippen LogP contribution in [0.2, 0.25) is 0 Å². The summed E-state index contributed by atoms with van der Waals surface area (Å²) in [7, 11) is 3.27. The zero-order chi connectivity index (χ0) is 17.5. The highest BCUT2D eigenvalue weighted by atomic mass is 19.1. The molecule has 132 valence electrons. The minimum atomic E-state index is -0.542. The lowest BCUT2D eigenvalue weighted by Gasteiger charge is -2.35. The normalized spacial score (nSPS) is 18.3. The Morgan fingerprint density at radius 2 is 2.29 bits per heavy atom. The van der Waals surface area contributed by atoms with Crippen LogP contribution in [0.1, 0.15) is 12.0 Å². The Balaban J connectivity index is 2.03. The molecule has 2 rings (SSSR count). The number of hydrogen-bond donors (Lipinski definition) is 1. The monoisotopic (exact) mass is 337 g/mol. The molecule has 1 aromatic rings. The van der Waals surface area contributed by atoms with E-state index in [1.54, 1.807) is 25.1 Å². The van der Waals surface area contributed by atoms with Gasteiger partial charge >= 0.3 is 0 Å². The summed E-state index contributed by atoms with van der Waals surface area (Å²) in [4.78, 5) is 28.0. The van der Waals surface area contributed by atoms with Crippen molar-refractivity contribution in [2.75, 3.05) is 40.4 Å². The number of piperazine rings is 1. The molecule has 0 saturated carbocycles. The Hall–Kier alpha value is -1.99. The third-order valence-electron chi connectivity index (χ3n) is 4.14. The van der Waals surface area contributed by atoms with Crippen LogP contribution in [-0.4, -0.2) is 68.1 Å². The van der Waals surface area contributed by atoms with Gasteiger partial charge in [-0.25, -0.2) is 4.39 Å². The number of rotatable bonds is 7. The highest BCUT2D eigenvalue weighted by Gasteiger charge is 2.32. The maximum atomic E-state index is 13.4. The Kier molecular flexibility index (Phi) is 6.69. The molecule has 1 atom stereocenters. The van der Waals surface area contributed by atoms with E-state index in [4.69, 9.17) is 4.74 Å². The first-order chi connectivity index (χ1) is 11.5. The number of benzene rings is 1. The molecular formula is C17H24FN3O3. The lowest BCUT2D eigenvalue weighted by Crippen LogP contribution is -2.56. The quantitative estimate of drug-likeness (QED) is 0.792. The molecule has 0 bridgehead atoms. The number of halogens is 1. The van der Waals surface area contributed by atoms with Crippen LogP contribution in [0.4, 0.5) is 4.39 Å². The standard InChI is InChI=1S/C17H24FN3O3/c1-20(8-9-24-2)16(22)11-15-17(23)19-6-7-21(15)12-13-4-3-5-14(18)10-13/h3-5,10,15H,6-9,11-12H2,1-2H3,(H,19,23)/t15-/m0/s1. The zero-order valence-corrected chi connectivity index (χ0v) is 14.1. The number of carbonyl (C=O) groups excluding carboxylic acids is 2. The summed E-state index contributed by atoms with van der Waals surface area (Å²) in [5.41, 5.74) is 0.787. The minimum Gasteiger partial charge on any atom is -0.383 e. The molecule has 0 spiro atoms. The number of hydrogen-bond acceptors (Lipinski definition) is 4. The lowest BCUT2D eigenvalue weighted by molar-refractivity contribution is -0.138. The summed E-state index contributed by atoms with van der Waals surface area (Å²) in [6, 6.07) is 5.76. The van der Waals surface area contributed by atoms with Crippen molar-refractivity contribution in [3.8, 4) is 0 Å². The fourth-order valence-electron chi connectivity index (χ4n) is 2.72. The van der Waals surface area contributed by atoms with Crippen molar-refractivity contribution in [3.63, 3.8) is 0 Å². The van der Waals surface area contributed by atoms with Gasteiger partial charge in [0.15, 0.2) is 0 Å². The van der Waals surface area contributed by atoms with Crippen LogP contribution in [0.5, 0.6) is 0 Å². The number of amides is 2. The molecule has 1 fully saturated rings. The van der Waals surface area contributed by atoms with E-state index >= 15 is 0 Å². The summed E-state index contributed by atoms with van der Waals surface area (Å²) >= 11 is 0. The van der Waals surface area contributed by atoms with E-state index in [9.17, 15) is 14.0 Å². The Morgan fingerprint density at radius 1 is 1.50 bits per heavy atom. The van der Waals surface area contributed by atoms with Crippen LogP contribution in [0, 0.1) is 5.82 Å². The van der Waals surface area contributed by atoms with E-state index in [0.717, 1.165) is 5.56 Å². The molecule has 2 amide bonds. The van der Waals surface area contributed by atoms with Crippen molar-refractivity contribution in [2.24, 2.45) is 0 Å². The molecule has 0 aliphatic carbocycles. The van der Waals surface area contributed by atoms with Crippen LogP contribution in [-0.2, 0) is 20.9 Å². The molecule has 0 aromatic heterocycles. The van der Waals surface area contributed by atoms with Gasteiger partial charge in [0, 0.05) is 40.3 Å². The molecule has 1 aliphatic rings. The lowest BCUT2D eigenvalue weighted by atomic mass is 10.1. The Labute approximate surface area is 141 Å². The summed E-state index contributed by atoms with van der Waals surface area (Å²) in [5, 5.41) is 2.80. The molecule has 7 heteroatoms. The highest BCUT2D eigenvalue weighted by Crippen LogP contribution is 2.15. The third kappa shape index (κ3) is 5.01. The first kappa shape index (κ1) is 18.4. The van der Waals surface area contributed by atoms with Gasteiger partial charge in [-0.15, -0.1) is 0 Å². The third-order valence-corrected chi connectivity index (χ3v) is 4.14. The summed E-state index contributed by atoms with van der Waals surface area (Å²) in [6.45, 7) is 2.52. The highest BCUT2D eigenvalue weighted by molar-refractivity contribution is 5.88. The molecule has 6 nitrogen and oxygen atoms in total. The van der Waals surface area contributed by atoms with E-state index in [0.29, 0.717) is 32.8 Å². The van der Waals surface area contributed by atoms with E-state index in [1.165, 1.54) is 12.1 Å². The molecular weight excluding hydrogens is 313 g/mol. The van der Waals surface area contributed by atoms with Gasteiger partial charge in [0.25, 0.3) is 0 Å². The first-order valence-corrected chi connectivity index (χ1v) is 8.00. The number of nitrogens with zero attached hydrogens (tertiary/aromatic N) is 2. The average Bonchev–Trinajstić information content (AvgIpc) is 2.55. The number of carbonyl (C=O) groups is 2. The molecule has 1 aromatic carbocycles. The molecule has 1 aliphatic heterocycles. The van der Waals surface area contributed by atoms with Gasteiger partial charge in [-0.05, 0) is 17.7 Å². The maximum Gasteiger partial charge on any atom is 0.237 e. The number of nitrogens with one attached hydrogen (secondary N) is 1. The smallest absolute Gasteiger partial charge is 0.237 e. The van der Waals surface area contributed by atoms with Crippen molar-refractivity contribution < 1.29 is 18.7 Å². The second kappa shape index (κ2) is 8.75. The maximum absolute atomic E-state index is 13.4. The minimum absolute atomic E-state index is 0.0986. The van der Waals surface area contributed by atoms with Crippen LogP contribution >= 0.6 is 0 Å². The van der Waals surface area contributed by atoms with Gasteiger partial charge in [0.1, 0.15) is 5.82 Å². The molecule has 0 radical (unpaired) electrons. The van der Waals surface area contributed by atoms with Crippen LogP contribution < -0.4 is 5.32 Å². The Morgan fingerprint density at radius 3 is 3.00 bits per heavy atom. The molecule has 1 N–H and O–H groups in total. The van der Waals surface area contributed by atoms with Crippen LogP contribution in [0.15, 0.2) is 24.3 Å². The van der Waals surface area contributed by atoms with Crippen molar-refractivity contribution in [1.29, 1.82) is 0 Å². The second-order valence-electron chi connectivity index (χ2n) is 5.92. The van der Waals surface area contributed by atoms with Crippen molar-refractivity contribution in [3.05, 3.63) is 35.6 Å². The number of ether oxygens (including phenoxy) is 1. The van der Waals surface area contributed by atoms with Gasteiger partial charge in [-0.2, -0.15) is 0 Å². The van der Waals surface area contributed by atoms with Gasteiger partial charge in [0.05, 0.1) is 19.1 Å². The average molecular weight is 337 g/mol. The SMILES string of the molecule is COCCN(C)C(=O)C[C@H]1C(=O)NCCN1Cc1cccc(F)c1. The van der Waals surface area contributed by atoms with Crippen molar-refractivity contribution in [2.45, 2.75) is 19.0 Å². The molecule has 1 heterocycles. The van der Waals surface area contributed by atoms with Crippen molar-refractivity contribution in [1.82, 2.24) is 15.1 Å². The van der Waals surface area contributed by atoms with E-state index in [-0.39, 0.29) is 24.1 Å². The first-order valence-electron chi connectivity index (χ1n) is 8.00. The van der Waals surface area contributed by atoms with Gasteiger partial charge in [0.2, 0.25) is 11.8 Å². The van der Waals surface area contributed by atoms with E-state index in [1.807, 2.05) is 11.0 Å².